The topological polar surface area (TPSA) is 32.7 Å². The number of hydrogen-bond donors (Lipinski definition) is 1. The molecule has 0 spiro atoms. The Bertz CT molecular complexity index is 266. The zero-order valence-electron chi connectivity index (χ0n) is 11.2. The number of ether oxygens (including phenoxy) is 1. The Kier molecular flexibility index (Phi) is 2.84. The van der Waals surface area contributed by atoms with E-state index in [1.807, 2.05) is 0 Å². The molecule has 2 rings (SSSR count). The molecule has 0 bridgehead atoms. The van der Waals surface area contributed by atoms with Crippen LogP contribution in [0.25, 0.3) is 0 Å². The van der Waals surface area contributed by atoms with Crippen LogP contribution in [0.5, 0.6) is 0 Å². The number of aliphatic hydroxyl groups is 1. The van der Waals surface area contributed by atoms with E-state index in [9.17, 15) is 5.11 Å². The first kappa shape index (κ1) is 12.3. The predicted molar refractivity (Wildman–Crippen MR) is 64.1 cm³/mol. The van der Waals surface area contributed by atoms with Crippen molar-refractivity contribution < 1.29 is 9.84 Å². The van der Waals surface area contributed by atoms with Gasteiger partial charge in [0, 0.05) is 5.54 Å². The molecule has 0 amide bonds. The molecule has 1 aliphatic heterocycles. The summed E-state index contributed by atoms with van der Waals surface area (Å²) in [6, 6.07) is 0.155. The van der Waals surface area contributed by atoms with Gasteiger partial charge in [0.05, 0.1) is 18.8 Å². The van der Waals surface area contributed by atoms with Gasteiger partial charge in [-0.05, 0) is 53.4 Å². The molecule has 0 aromatic carbocycles. The van der Waals surface area contributed by atoms with Crippen LogP contribution in [0.3, 0.4) is 0 Å². The minimum atomic E-state index is -0.265. The Morgan fingerprint density at radius 3 is 2.31 bits per heavy atom. The second kappa shape index (κ2) is 3.69. The highest BCUT2D eigenvalue weighted by Gasteiger charge is 2.51. The third kappa shape index (κ3) is 2.13. The summed E-state index contributed by atoms with van der Waals surface area (Å²) in [7, 11) is 0. The van der Waals surface area contributed by atoms with Crippen LogP contribution in [0.2, 0.25) is 0 Å². The predicted octanol–water partition coefficient (Wildman–Crippen LogP) is 1.99. The van der Waals surface area contributed by atoms with Gasteiger partial charge in [-0.3, -0.25) is 4.90 Å². The molecule has 1 N–H and O–H groups in total. The van der Waals surface area contributed by atoms with Crippen molar-refractivity contribution in [1.82, 2.24) is 4.90 Å². The molecule has 1 saturated heterocycles. The van der Waals surface area contributed by atoms with E-state index in [-0.39, 0.29) is 23.4 Å². The van der Waals surface area contributed by atoms with E-state index < -0.39 is 0 Å². The van der Waals surface area contributed by atoms with Crippen LogP contribution < -0.4 is 0 Å². The van der Waals surface area contributed by atoms with Crippen molar-refractivity contribution in [3.8, 4) is 0 Å². The van der Waals surface area contributed by atoms with Gasteiger partial charge in [-0.1, -0.05) is 0 Å². The fourth-order valence-electron chi connectivity index (χ4n) is 3.14. The van der Waals surface area contributed by atoms with Crippen molar-refractivity contribution >= 4 is 0 Å². The van der Waals surface area contributed by atoms with Crippen LogP contribution in [0, 0.1) is 5.92 Å². The first-order valence-corrected chi connectivity index (χ1v) is 6.35. The highest BCUT2D eigenvalue weighted by molar-refractivity contribution is 5.00. The third-order valence-electron chi connectivity index (χ3n) is 3.74. The molecule has 2 aliphatic rings. The number of rotatable bonds is 2. The average Bonchev–Trinajstić information content (AvgIpc) is 2.87. The smallest absolute Gasteiger partial charge is 0.116 e. The van der Waals surface area contributed by atoms with Gasteiger partial charge in [0.1, 0.15) is 5.72 Å². The summed E-state index contributed by atoms with van der Waals surface area (Å²) < 4.78 is 5.86. The Morgan fingerprint density at radius 2 is 1.88 bits per heavy atom. The molecule has 1 aliphatic carbocycles. The molecule has 1 heterocycles. The standard InChI is InChI=1S/C13H25NO2/c1-12(2,3)14-10(8-16-13(14,4)5)11(15)9-6-7-9/h9-11,15H,6-8H2,1-5H3/t10-,11?/m1/s1. The van der Waals surface area contributed by atoms with Crippen LogP contribution in [0.15, 0.2) is 0 Å². The fraction of sp³-hybridized carbons (Fsp3) is 1.00. The quantitative estimate of drug-likeness (QED) is 0.783. The maximum Gasteiger partial charge on any atom is 0.116 e. The summed E-state index contributed by atoms with van der Waals surface area (Å²) in [6.07, 6.45) is 2.13. The summed E-state index contributed by atoms with van der Waals surface area (Å²) in [4.78, 5) is 2.34. The van der Waals surface area contributed by atoms with E-state index in [4.69, 9.17) is 4.74 Å². The van der Waals surface area contributed by atoms with Gasteiger partial charge in [-0.2, -0.15) is 0 Å². The second-order valence-corrected chi connectivity index (χ2v) is 6.69. The van der Waals surface area contributed by atoms with E-state index in [2.05, 4.69) is 39.5 Å². The first-order chi connectivity index (χ1) is 7.23. The lowest BCUT2D eigenvalue weighted by Gasteiger charge is -2.44. The van der Waals surface area contributed by atoms with E-state index in [0.717, 1.165) is 0 Å². The van der Waals surface area contributed by atoms with Gasteiger partial charge in [-0.15, -0.1) is 0 Å². The Labute approximate surface area is 98.8 Å². The number of aliphatic hydroxyl groups excluding tert-OH is 1. The summed E-state index contributed by atoms with van der Waals surface area (Å²) >= 11 is 0. The zero-order chi connectivity index (χ0) is 12.1. The molecule has 16 heavy (non-hydrogen) atoms. The second-order valence-electron chi connectivity index (χ2n) is 6.69. The minimum Gasteiger partial charge on any atom is -0.391 e. The SMILES string of the molecule is CC(C)(C)N1[C@@H](C(O)C2CC2)COC1(C)C. The Hall–Kier alpha value is -0.120. The Morgan fingerprint density at radius 1 is 1.31 bits per heavy atom. The first-order valence-electron chi connectivity index (χ1n) is 6.35. The van der Waals surface area contributed by atoms with E-state index in [1.165, 1.54) is 12.8 Å². The van der Waals surface area contributed by atoms with Crippen LogP contribution in [-0.4, -0.2) is 40.0 Å². The molecule has 3 heteroatoms. The van der Waals surface area contributed by atoms with E-state index >= 15 is 0 Å². The molecule has 1 unspecified atom stereocenters. The fourth-order valence-corrected chi connectivity index (χ4v) is 3.14. The summed E-state index contributed by atoms with van der Waals surface area (Å²) in [5.41, 5.74) is -0.237. The largest absolute Gasteiger partial charge is 0.391 e. The lowest BCUT2D eigenvalue weighted by atomic mass is 9.96. The molecule has 2 fully saturated rings. The highest BCUT2D eigenvalue weighted by Crippen LogP contribution is 2.42. The highest BCUT2D eigenvalue weighted by atomic mass is 16.5. The number of hydrogen-bond acceptors (Lipinski definition) is 3. The molecule has 0 aromatic heterocycles. The van der Waals surface area contributed by atoms with Crippen LogP contribution in [0.1, 0.15) is 47.5 Å². The van der Waals surface area contributed by atoms with Crippen molar-refractivity contribution in [2.45, 2.75) is 70.9 Å². The number of nitrogens with zero attached hydrogens (tertiary/aromatic N) is 1. The molecular weight excluding hydrogens is 202 g/mol. The molecule has 0 aromatic rings. The lowest BCUT2D eigenvalue weighted by Crippen LogP contribution is -2.57. The van der Waals surface area contributed by atoms with Gasteiger partial charge >= 0.3 is 0 Å². The molecular formula is C13H25NO2. The molecule has 3 nitrogen and oxygen atoms in total. The maximum atomic E-state index is 10.3. The van der Waals surface area contributed by atoms with Gasteiger partial charge in [0.2, 0.25) is 0 Å². The molecule has 0 radical (unpaired) electrons. The molecule has 94 valence electrons. The van der Waals surface area contributed by atoms with Gasteiger partial charge in [0.15, 0.2) is 0 Å². The zero-order valence-corrected chi connectivity index (χ0v) is 11.2. The summed E-state index contributed by atoms with van der Waals surface area (Å²) in [6.45, 7) is 11.4. The van der Waals surface area contributed by atoms with Crippen LogP contribution in [-0.2, 0) is 4.74 Å². The van der Waals surface area contributed by atoms with E-state index in [1.54, 1.807) is 0 Å². The average molecular weight is 227 g/mol. The monoisotopic (exact) mass is 227 g/mol. The van der Waals surface area contributed by atoms with Gasteiger partial charge in [-0.25, -0.2) is 0 Å². The summed E-state index contributed by atoms with van der Waals surface area (Å²) in [5, 5.41) is 10.3. The van der Waals surface area contributed by atoms with Crippen LogP contribution >= 0.6 is 0 Å². The normalized spacial score (nSPS) is 33.0. The minimum absolute atomic E-state index is 0.0283. The van der Waals surface area contributed by atoms with E-state index in [0.29, 0.717) is 12.5 Å². The van der Waals surface area contributed by atoms with Gasteiger partial charge < -0.3 is 9.84 Å². The van der Waals surface area contributed by atoms with Crippen molar-refractivity contribution in [2.24, 2.45) is 5.92 Å². The third-order valence-corrected chi connectivity index (χ3v) is 3.74. The van der Waals surface area contributed by atoms with Crippen molar-refractivity contribution in [3.05, 3.63) is 0 Å². The lowest BCUT2D eigenvalue weighted by molar-refractivity contribution is -0.102. The van der Waals surface area contributed by atoms with Crippen LogP contribution in [0.4, 0.5) is 0 Å². The molecule has 1 saturated carbocycles. The molecule has 2 atom stereocenters. The summed E-state index contributed by atoms with van der Waals surface area (Å²) in [5.74, 6) is 0.507. The van der Waals surface area contributed by atoms with Gasteiger partial charge in [0.25, 0.3) is 0 Å². The Balaban J connectivity index is 2.18. The van der Waals surface area contributed by atoms with Crippen molar-refractivity contribution in [3.63, 3.8) is 0 Å². The van der Waals surface area contributed by atoms with Crippen molar-refractivity contribution in [2.75, 3.05) is 6.61 Å². The van der Waals surface area contributed by atoms with Crippen molar-refractivity contribution in [1.29, 1.82) is 0 Å². The maximum absolute atomic E-state index is 10.3.